The van der Waals surface area contributed by atoms with Crippen LogP contribution in [0.3, 0.4) is 0 Å². The van der Waals surface area contributed by atoms with Gasteiger partial charge < -0.3 is 4.74 Å². The largest absolute Gasteiger partial charge is 0.466 e. The van der Waals surface area contributed by atoms with Crippen molar-refractivity contribution in [2.75, 3.05) is 6.61 Å². The van der Waals surface area contributed by atoms with Crippen LogP contribution in [0.2, 0.25) is 0 Å². The highest BCUT2D eigenvalue weighted by Crippen LogP contribution is 2.19. The molecule has 1 aliphatic rings. The molecule has 0 heterocycles. The zero-order valence-electron chi connectivity index (χ0n) is 7.64. The van der Waals surface area contributed by atoms with E-state index in [9.17, 15) is 4.79 Å². The number of carbonyl (C=O) groups excluding carboxylic acids is 1. The van der Waals surface area contributed by atoms with Gasteiger partial charge in [-0.1, -0.05) is 11.6 Å². The van der Waals surface area contributed by atoms with Crippen molar-refractivity contribution in [1.82, 2.24) is 0 Å². The Morgan fingerprint density at radius 2 is 2.42 bits per heavy atom. The first-order chi connectivity index (χ1) is 5.79. The quantitative estimate of drug-likeness (QED) is 0.478. The summed E-state index contributed by atoms with van der Waals surface area (Å²) < 4.78 is 4.86. The lowest BCUT2D eigenvalue weighted by atomic mass is 9.98. The molecule has 0 saturated heterocycles. The van der Waals surface area contributed by atoms with E-state index in [4.69, 9.17) is 4.74 Å². The van der Waals surface area contributed by atoms with E-state index in [0.717, 1.165) is 6.42 Å². The second kappa shape index (κ2) is 4.96. The van der Waals surface area contributed by atoms with Gasteiger partial charge in [-0.15, -0.1) is 0 Å². The molecule has 0 radical (unpaired) electrons. The van der Waals surface area contributed by atoms with Crippen LogP contribution >= 0.6 is 0 Å². The molecule has 0 fully saturated rings. The molecule has 0 aromatic heterocycles. The number of ether oxygens (including phenoxy) is 1. The Kier molecular flexibility index (Phi) is 3.85. The van der Waals surface area contributed by atoms with E-state index in [0.29, 0.717) is 6.61 Å². The number of esters is 1. The summed E-state index contributed by atoms with van der Waals surface area (Å²) in [5, 5.41) is 0. The molecule has 0 bridgehead atoms. The summed E-state index contributed by atoms with van der Waals surface area (Å²) in [5.41, 5.74) is 1.46. The number of rotatable bonds is 3. The Labute approximate surface area is 73.6 Å². The van der Waals surface area contributed by atoms with Crippen LogP contribution in [0.5, 0.6) is 0 Å². The smallest absolute Gasteiger partial charge is 0.302 e. The molecule has 0 aromatic carbocycles. The van der Waals surface area contributed by atoms with Crippen molar-refractivity contribution in [1.29, 1.82) is 0 Å². The maximum absolute atomic E-state index is 10.4. The third kappa shape index (κ3) is 3.56. The van der Waals surface area contributed by atoms with Crippen molar-refractivity contribution in [3.63, 3.8) is 0 Å². The fourth-order valence-corrected chi connectivity index (χ4v) is 1.46. The molecule has 68 valence electrons. The van der Waals surface area contributed by atoms with Crippen LogP contribution in [-0.4, -0.2) is 12.6 Å². The van der Waals surface area contributed by atoms with E-state index in [2.05, 4.69) is 6.08 Å². The van der Waals surface area contributed by atoms with Gasteiger partial charge in [0, 0.05) is 13.3 Å². The van der Waals surface area contributed by atoms with E-state index in [1.165, 1.54) is 38.2 Å². The monoisotopic (exact) mass is 168 g/mol. The Morgan fingerprint density at radius 1 is 1.58 bits per heavy atom. The van der Waals surface area contributed by atoms with E-state index in [-0.39, 0.29) is 5.97 Å². The van der Waals surface area contributed by atoms with Crippen LogP contribution < -0.4 is 0 Å². The Bertz CT molecular complexity index is 182. The summed E-state index contributed by atoms with van der Waals surface area (Å²) in [5.74, 6) is -0.175. The summed E-state index contributed by atoms with van der Waals surface area (Å²) >= 11 is 0. The van der Waals surface area contributed by atoms with E-state index in [1.807, 2.05) is 0 Å². The van der Waals surface area contributed by atoms with Gasteiger partial charge in [-0.05, 0) is 25.7 Å². The maximum Gasteiger partial charge on any atom is 0.302 e. The average Bonchev–Trinajstić information content (AvgIpc) is 2.05. The normalized spacial score (nSPS) is 16.9. The third-order valence-corrected chi connectivity index (χ3v) is 2.11. The third-order valence-electron chi connectivity index (χ3n) is 2.11. The molecule has 2 nitrogen and oxygen atoms in total. The summed E-state index contributed by atoms with van der Waals surface area (Å²) in [6, 6.07) is 0. The second-order valence-electron chi connectivity index (χ2n) is 3.20. The van der Waals surface area contributed by atoms with Gasteiger partial charge in [0.25, 0.3) is 0 Å². The SMILES string of the molecule is CC(=O)OCCC1=CCCCC1. The van der Waals surface area contributed by atoms with Gasteiger partial charge in [0.2, 0.25) is 0 Å². The maximum atomic E-state index is 10.4. The molecule has 1 aliphatic carbocycles. The highest BCUT2D eigenvalue weighted by molar-refractivity contribution is 5.65. The standard InChI is InChI=1S/C10H16O2/c1-9(11)12-8-7-10-5-3-2-4-6-10/h5H,2-4,6-8H2,1H3. The van der Waals surface area contributed by atoms with Crippen LogP contribution in [0.15, 0.2) is 11.6 Å². The minimum atomic E-state index is -0.175. The summed E-state index contributed by atoms with van der Waals surface area (Å²) in [4.78, 5) is 10.4. The van der Waals surface area contributed by atoms with E-state index in [1.54, 1.807) is 0 Å². The lowest BCUT2D eigenvalue weighted by molar-refractivity contribution is -0.140. The summed E-state index contributed by atoms with van der Waals surface area (Å²) in [6.45, 7) is 2.01. The molecule has 0 amide bonds. The lowest BCUT2D eigenvalue weighted by Crippen LogP contribution is -2.02. The molecule has 12 heavy (non-hydrogen) atoms. The number of hydrogen-bond donors (Lipinski definition) is 0. The molecular weight excluding hydrogens is 152 g/mol. The van der Waals surface area contributed by atoms with Crippen molar-refractivity contribution in [3.8, 4) is 0 Å². The molecule has 1 rings (SSSR count). The minimum Gasteiger partial charge on any atom is -0.466 e. The fraction of sp³-hybridized carbons (Fsp3) is 0.700. The predicted molar refractivity (Wildman–Crippen MR) is 47.8 cm³/mol. The number of carbonyl (C=O) groups is 1. The van der Waals surface area contributed by atoms with Crippen LogP contribution in [0.25, 0.3) is 0 Å². The zero-order chi connectivity index (χ0) is 8.81. The first-order valence-corrected chi connectivity index (χ1v) is 4.60. The van der Waals surface area contributed by atoms with Gasteiger partial charge in [-0.2, -0.15) is 0 Å². The van der Waals surface area contributed by atoms with Crippen LogP contribution in [0.1, 0.15) is 39.0 Å². The van der Waals surface area contributed by atoms with Crippen molar-refractivity contribution in [3.05, 3.63) is 11.6 Å². The topological polar surface area (TPSA) is 26.3 Å². The molecule has 0 unspecified atom stereocenters. The molecule has 0 saturated carbocycles. The molecule has 0 aromatic rings. The van der Waals surface area contributed by atoms with Crippen LogP contribution in [-0.2, 0) is 9.53 Å². The number of allylic oxidation sites excluding steroid dienone is 1. The van der Waals surface area contributed by atoms with E-state index < -0.39 is 0 Å². The Hall–Kier alpha value is -0.790. The molecule has 0 atom stereocenters. The number of hydrogen-bond acceptors (Lipinski definition) is 2. The van der Waals surface area contributed by atoms with Gasteiger partial charge in [-0.25, -0.2) is 0 Å². The predicted octanol–water partition coefficient (Wildman–Crippen LogP) is 2.44. The van der Waals surface area contributed by atoms with Gasteiger partial charge >= 0.3 is 5.97 Å². The minimum absolute atomic E-state index is 0.175. The van der Waals surface area contributed by atoms with Crippen molar-refractivity contribution >= 4 is 5.97 Å². The molecule has 0 N–H and O–H groups in total. The van der Waals surface area contributed by atoms with Crippen molar-refractivity contribution in [2.24, 2.45) is 0 Å². The summed E-state index contributed by atoms with van der Waals surface area (Å²) in [6.07, 6.45) is 8.23. The van der Waals surface area contributed by atoms with Crippen molar-refractivity contribution in [2.45, 2.75) is 39.0 Å². The van der Waals surface area contributed by atoms with Gasteiger partial charge in [0.1, 0.15) is 0 Å². The lowest BCUT2D eigenvalue weighted by Gasteiger charge is -2.11. The van der Waals surface area contributed by atoms with Gasteiger partial charge in [0.05, 0.1) is 6.61 Å². The highest BCUT2D eigenvalue weighted by Gasteiger charge is 2.03. The van der Waals surface area contributed by atoms with Crippen molar-refractivity contribution < 1.29 is 9.53 Å². The van der Waals surface area contributed by atoms with E-state index >= 15 is 0 Å². The fourth-order valence-electron chi connectivity index (χ4n) is 1.46. The van der Waals surface area contributed by atoms with Crippen LogP contribution in [0.4, 0.5) is 0 Å². The zero-order valence-corrected chi connectivity index (χ0v) is 7.64. The molecule has 0 spiro atoms. The first-order valence-electron chi connectivity index (χ1n) is 4.60. The Morgan fingerprint density at radius 3 is 3.00 bits per heavy atom. The first kappa shape index (κ1) is 9.30. The van der Waals surface area contributed by atoms with Gasteiger partial charge in [-0.3, -0.25) is 4.79 Å². The second-order valence-corrected chi connectivity index (χ2v) is 3.20. The van der Waals surface area contributed by atoms with Gasteiger partial charge in [0.15, 0.2) is 0 Å². The summed E-state index contributed by atoms with van der Waals surface area (Å²) in [7, 11) is 0. The highest BCUT2D eigenvalue weighted by atomic mass is 16.5. The van der Waals surface area contributed by atoms with Crippen LogP contribution in [0, 0.1) is 0 Å². The average molecular weight is 168 g/mol. The molecule has 2 heteroatoms. The molecular formula is C10H16O2. The molecule has 0 aliphatic heterocycles. The Balaban J connectivity index is 2.13.